The van der Waals surface area contributed by atoms with Crippen molar-refractivity contribution in [2.45, 2.75) is 6.92 Å². The zero-order valence-electron chi connectivity index (χ0n) is 18.9. The van der Waals surface area contributed by atoms with Crippen LogP contribution >= 0.6 is 27.7 Å². The maximum Gasteiger partial charge on any atom is 0.343 e. The maximum atomic E-state index is 13.8. The number of anilines is 1. The van der Waals surface area contributed by atoms with Crippen molar-refractivity contribution in [1.29, 1.82) is 0 Å². The van der Waals surface area contributed by atoms with Crippen LogP contribution in [0.5, 0.6) is 11.5 Å². The van der Waals surface area contributed by atoms with Crippen molar-refractivity contribution < 1.29 is 42.2 Å². The minimum atomic E-state index is -0.993. The molecule has 3 amide bonds. The van der Waals surface area contributed by atoms with Gasteiger partial charge in [-0.2, -0.15) is 0 Å². The number of carbonyl (C=O) groups excluding carboxylic acids is 4. The molecule has 1 N–H and O–H groups in total. The van der Waals surface area contributed by atoms with E-state index in [1.165, 1.54) is 13.2 Å². The number of imide groups is 1. The fraction of sp³-hybridized carbons (Fsp3) is 0.217. The van der Waals surface area contributed by atoms with Crippen LogP contribution in [0.2, 0.25) is 0 Å². The quantitative estimate of drug-likeness (QED) is 0.342. The number of nitrogens with zero attached hydrogens (tertiary/aromatic N) is 1. The first-order valence-corrected chi connectivity index (χ1v) is 11.9. The van der Waals surface area contributed by atoms with Gasteiger partial charge in [-0.3, -0.25) is 19.3 Å². The Morgan fingerprint density at radius 3 is 2.58 bits per heavy atom. The second-order valence-corrected chi connectivity index (χ2v) is 8.92. The number of amides is 3. The molecule has 0 atom stereocenters. The molecule has 1 saturated heterocycles. The predicted octanol–water partition coefficient (Wildman–Crippen LogP) is 4.35. The van der Waals surface area contributed by atoms with E-state index in [9.17, 15) is 28.0 Å². The predicted molar refractivity (Wildman–Crippen MR) is 130 cm³/mol. The SMILES string of the molecule is CCOc1cc(/C=C2\SC(=O)N(CC(=O)Nc3ccc(F)cc3F)C2=O)cc(Br)c1OCC(=O)OC. The van der Waals surface area contributed by atoms with Crippen molar-refractivity contribution in [3.8, 4) is 11.5 Å². The molecule has 2 aromatic rings. The van der Waals surface area contributed by atoms with Crippen molar-refractivity contribution in [2.75, 3.05) is 32.2 Å². The van der Waals surface area contributed by atoms with Gasteiger partial charge in [-0.15, -0.1) is 0 Å². The van der Waals surface area contributed by atoms with Gasteiger partial charge in [0.25, 0.3) is 11.1 Å². The Morgan fingerprint density at radius 2 is 1.92 bits per heavy atom. The molecule has 0 aliphatic carbocycles. The third-order valence-electron chi connectivity index (χ3n) is 4.57. The number of halogens is 3. The lowest BCUT2D eigenvalue weighted by Crippen LogP contribution is -2.36. The third kappa shape index (κ3) is 6.61. The molecule has 1 aliphatic heterocycles. The first kappa shape index (κ1) is 27.1. The molecule has 1 aliphatic rings. The van der Waals surface area contributed by atoms with E-state index in [0.29, 0.717) is 32.8 Å². The van der Waals surface area contributed by atoms with Gasteiger partial charge in [0, 0.05) is 6.07 Å². The summed E-state index contributed by atoms with van der Waals surface area (Å²) in [4.78, 5) is 49.6. The Balaban J connectivity index is 1.76. The molecule has 1 fully saturated rings. The Labute approximate surface area is 216 Å². The largest absolute Gasteiger partial charge is 0.490 e. The number of esters is 1. The maximum absolute atomic E-state index is 13.8. The van der Waals surface area contributed by atoms with Crippen LogP contribution in [-0.4, -0.2) is 54.8 Å². The second kappa shape index (κ2) is 12.0. The highest BCUT2D eigenvalue weighted by Crippen LogP contribution is 2.39. The van der Waals surface area contributed by atoms with Gasteiger partial charge >= 0.3 is 5.97 Å². The van der Waals surface area contributed by atoms with E-state index in [4.69, 9.17) is 9.47 Å². The van der Waals surface area contributed by atoms with Crippen LogP contribution in [0.1, 0.15) is 12.5 Å². The normalized spacial score (nSPS) is 14.2. The van der Waals surface area contributed by atoms with Crippen LogP contribution < -0.4 is 14.8 Å². The van der Waals surface area contributed by atoms with Crippen LogP contribution in [0, 0.1) is 11.6 Å². The van der Waals surface area contributed by atoms with Gasteiger partial charge < -0.3 is 19.5 Å². The number of rotatable bonds is 9. The molecule has 36 heavy (non-hydrogen) atoms. The fourth-order valence-corrected chi connectivity index (χ4v) is 4.39. The molecule has 0 aromatic heterocycles. The molecule has 0 saturated carbocycles. The summed E-state index contributed by atoms with van der Waals surface area (Å²) in [6.45, 7) is 1.02. The lowest BCUT2D eigenvalue weighted by molar-refractivity contribution is -0.143. The van der Waals surface area contributed by atoms with Crippen molar-refractivity contribution in [2.24, 2.45) is 0 Å². The summed E-state index contributed by atoms with van der Waals surface area (Å²) in [5.41, 5.74) is 0.186. The minimum absolute atomic E-state index is 0.0401. The molecule has 2 aromatic carbocycles. The summed E-state index contributed by atoms with van der Waals surface area (Å²) in [7, 11) is 1.23. The van der Waals surface area contributed by atoms with Crippen molar-refractivity contribution in [1.82, 2.24) is 4.90 Å². The highest BCUT2D eigenvalue weighted by Gasteiger charge is 2.36. The molecule has 13 heteroatoms. The number of hydrogen-bond acceptors (Lipinski definition) is 8. The summed E-state index contributed by atoms with van der Waals surface area (Å²) in [5, 5.41) is 1.51. The molecule has 190 valence electrons. The zero-order chi connectivity index (χ0) is 26.4. The van der Waals surface area contributed by atoms with Gasteiger partial charge in [-0.05, 0) is 70.5 Å². The molecule has 0 spiro atoms. The monoisotopic (exact) mass is 584 g/mol. The summed E-state index contributed by atoms with van der Waals surface area (Å²) in [6.07, 6.45) is 1.43. The fourth-order valence-electron chi connectivity index (χ4n) is 2.98. The van der Waals surface area contributed by atoms with Crippen LogP contribution in [0.15, 0.2) is 39.7 Å². The van der Waals surface area contributed by atoms with Crippen molar-refractivity contribution in [3.63, 3.8) is 0 Å². The van der Waals surface area contributed by atoms with Gasteiger partial charge in [-0.1, -0.05) is 0 Å². The zero-order valence-corrected chi connectivity index (χ0v) is 21.3. The summed E-state index contributed by atoms with van der Waals surface area (Å²) >= 11 is 3.96. The van der Waals surface area contributed by atoms with Gasteiger partial charge in [0.1, 0.15) is 18.2 Å². The smallest absolute Gasteiger partial charge is 0.343 e. The molecular weight excluding hydrogens is 566 g/mol. The molecule has 0 radical (unpaired) electrons. The molecule has 0 bridgehead atoms. The Hall–Kier alpha value is -3.45. The number of benzene rings is 2. The van der Waals surface area contributed by atoms with Gasteiger partial charge in [0.15, 0.2) is 18.1 Å². The van der Waals surface area contributed by atoms with E-state index < -0.39 is 41.2 Å². The summed E-state index contributed by atoms with van der Waals surface area (Å²) in [6, 6.07) is 5.73. The molecular formula is C23H19BrF2N2O7S. The number of carbonyl (C=O) groups is 4. The average molecular weight is 585 g/mol. The Bertz CT molecular complexity index is 1260. The second-order valence-electron chi connectivity index (χ2n) is 7.07. The number of nitrogens with one attached hydrogen (secondary N) is 1. The van der Waals surface area contributed by atoms with Crippen LogP contribution in [0.3, 0.4) is 0 Å². The van der Waals surface area contributed by atoms with Crippen LogP contribution in [0.4, 0.5) is 19.3 Å². The number of hydrogen-bond donors (Lipinski definition) is 1. The lowest BCUT2D eigenvalue weighted by atomic mass is 10.2. The molecule has 9 nitrogen and oxygen atoms in total. The van der Waals surface area contributed by atoms with Crippen molar-refractivity contribution in [3.05, 3.63) is 56.9 Å². The topological polar surface area (TPSA) is 111 Å². The van der Waals surface area contributed by atoms with Gasteiger partial charge in [-0.25, -0.2) is 13.6 Å². The van der Waals surface area contributed by atoms with Crippen molar-refractivity contribution >= 4 is 62.5 Å². The Kier molecular flexibility index (Phi) is 9.04. The summed E-state index contributed by atoms with van der Waals surface area (Å²) < 4.78 is 42.8. The van der Waals surface area contributed by atoms with E-state index in [2.05, 4.69) is 26.0 Å². The van der Waals surface area contributed by atoms with Gasteiger partial charge in [0.05, 0.1) is 28.8 Å². The standard InChI is InChI=1S/C23H19BrF2N2O7S/c1-3-34-17-7-12(6-14(24)21(17)35-11-20(30)33-2)8-18-22(31)28(23(32)36-18)10-19(29)27-16-5-4-13(25)9-15(16)26/h4-9H,3,10-11H2,1-2H3,(H,27,29)/b18-8-. The molecule has 3 rings (SSSR count). The lowest BCUT2D eigenvalue weighted by Gasteiger charge is -2.14. The van der Waals surface area contributed by atoms with Crippen LogP contribution in [-0.2, 0) is 19.1 Å². The highest BCUT2D eigenvalue weighted by molar-refractivity contribution is 9.10. The first-order valence-electron chi connectivity index (χ1n) is 10.3. The van der Waals surface area contributed by atoms with E-state index in [1.54, 1.807) is 19.1 Å². The Morgan fingerprint density at radius 1 is 1.17 bits per heavy atom. The number of ether oxygens (including phenoxy) is 3. The number of methoxy groups -OCH3 is 1. The molecule has 0 unspecified atom stereocenters. The highest BCUT2D eigenvalue weighted by atomic mass is 79.9. The van der Waals surface area contributed by atoms with Gasteiger partial charge in [0.2, 0.25) is 5.91 Å². The average Bonchev–Trinajstić information content (AvgIpc) is 3.07. The molecule has 1 heterocycles. The number of thioether (sulfide) groups is 1. The van der Waals surface area contributed by atoms with E-state index in [-0.39, 0.29) is 35.3 Å². The third-order valence-corrected chi connectivity index (χ3v) is 6.07. The first-order chi connectivity index (χ1) is 17.1. The van der Waals surface area contributed by atoms with E-state index >= 15 is 0 Å². The van der Waals surface area contributed by atoms with Crippen LogP contribution in [0.25, 0.3) is 6.08 Å². The van der Waals surface area contributed by atoms with E-state index in [0.717, 1.165) is 12.1 Å². The minimum Gasteiger partial charge on any atom is -0.490 e. The van der Waals surface area contributed by atoms with E-state index in [1.807, 2.05) is 0 Å². The summed E-state index contributed by atoms with van der Waals surface area (Å²) in [5.74, 6) is -3.43.